The molecule has 0 bridgehead atoms. The van der Waals surface area contributed by atoms with Crippen LogP contribution < -0.4 is 0 Å². The van der Waals surface area contributed by atoms with E-state index in [0.717, 1.165) is 0 Å². The number of nitriles is 1. The van der Waals surface area contributed by atoms with E-state index in [9.17, 15) is 4.79 Å². The van der Waals surface area contributed by atoms with Crippen molar-refractivity contribution in [2.45, 2.75) is 20.3 Å². The van der Waals surface area contributed by atoms with Crippen LogP contribution in [0.3, 0.4) is 0 Å². The average Bonchev–Trinajstić information content (AvgIpc) is 2.26. The first-order valence-corrected chi connectivity index (χ1v) is 5.55. The van der Waals surface area contributed by atoms with Crippen molar-refractivity contribution in [3.05, 3.63) is 28.0 Å². The van der Waals surface area contributed by atoms with Gasteiger partial charge in [0.1, 0.15) is 16.8 Å². The summed E-state index contributed by atoms with van der Waals surface area (Å²) in [6.07, 6.45) is 0.690. The largest absolute Gasteiger partial charge is 0.465 e. The van der Waals surface area contributed by atoms with Crippen molar-refractivity contribution in [2.24, 2.45) is 5.92 Å². The van der Waals surface area contributed by atoms with Crippen molar-refractivity contribution in [3.63, 3.8) is 0 Å². The highest BCUT2D eigenvalue weighted by molar-refractivity contribution is 6.31. The van der Waals surface area contributed by atoms with Crippen LogP contribution in [-0.4, -0.2) is 18.1 Å². The smallest absolute Gasteiger partial charge is 0.339 e. The van der Waals surface area contributed by atoms with Gasteiger partial charge in [-0.3, -0.25) is 0 Å². The number of methoxy groups -OCH3 is 1. The SMILES string of the molecule is COC(=O)c1cc(CC(C)C)nc(Cl)c1C#N. The number of hydrogen-bond donors (Lipinski definition) is 0. The molecule has 0 saturated heterocycles. The molecule has 0 saturated carbocycles. The third kappa shape index (κ3) is 3.18. The maximum atomic E-state index is 11.5. The molecule has 0 radical (unpaired) electrons. The number of ether oxygens (including phenoxy) is 1. The molecule has 0 aromatic carbocycles. The summed E-state index contributed by atoms with van der Waals surface area (Å²) in [6.45, 7) is 4.07. The zero-order valence-corrected chi connectivity index (χ0v) is 10.7. The predicted octanol–water partition coefficient (Wildman–Crippen LogP) is 2.59. The summed E-state index contributed by atoms with van der Waals surface area (Å²) in [7, 11) is 1.26. The fourth-order valence-electron chi connectivity index (χ4n) is 1.46. The van der Waals surface area contributed by atoms with Crippen LogP contribution in [0.1, 0.15) is 35.5 Å². The lowest BCUT2D eigenvalue weighted by Gasteiger charge is -2.08. The fourth-order valence-corrected chi connectivity index (χ4v) is 1.72. The first kappa shape index (κ1) is 13.5. The first-order valence-electron chi connectivity index (χ1n) is 5.17. The summed E-state index contributed by atoms with van der Waals surface area (Å²) in [6, 6.07) is 3.43. The quantitative estimate of drug-likeness (QED) is 0.613. The van der Waals surface area contributed by atoms with Crippen molar-refractivity contribution in [1.29, 1.82) is 5.26 Å². The zero-order valence-electron chi connectivity index (χ0n) is 9.95. The monoisotopic (exact) mass is 252 g/mol. The van der Waals surface area contributed by atoms with E-state index < -0.39 is 5.97 Å². The summed E-state index contributed by atoms with van der Waals surface area (Å²) in [4.78, 5) is 15.6. The Labute approximate surface area is 105 Å². The molecular weight excluding hydrogens is 240 g/mol. The van der Waals surface area contributed by atoms with Gasteiger partial charge in [0.15, 0.2) is 0 Å². The lowest BCUT2D eigenvalue weighted by molar-refractivity contribution is 0.0600. The molecule has 0 amide bonds. The lowest BCUT2D eigenvalue weighted by Crippen LogP contribution is -2.08. The Kier molecular flexibility index (Phi) is 4.47. The van der Waals surface area contributed by atoms with Gasteiger partial charge in [-0.2, -0.15) is 5.26 Å². The van der Waals surface area contributed by atoms with Crippen LogP contribution in [0.5, 0.6) is 0 Å². The van der Waals surface area contributed by atoms with Crippen LogP contribution in [0.15, 0.2) is 6.07 Å². The van der Waals surface area contributed by atoms with Gasteiger partial charge in [-0.15, -0.1) is 0 Å². The first-order chi connectivity index (χ1) is 7.99. The normalized spacial score (nSPS) is 10.1. The summed E-state index contributed by atoms with van der Waals surface area (Å²) < 4.78 is 4.62. The summed E-state index contributed by atoms with van der Waals surface area (Å²) in [5, 5.41) is 8.98. The average molecular weight is 253 g/mol. The number of halogens is 1. The van der Waals surface area contributed by atoms with Crippen LogP contribution in [0.25, 0.3) is 0 Å². The van der Waals surface area contributed by atoms with E-state index in [2.05, 4.69) is 9.72 Å². The Hall–Kier alpha value is -1.60. The van der Waals surface area contributed by atoms with E-state index in [4.69, 9.17) is 16.9 Å². The molecule has 1 aromatic heterocycles. The van der Waals surface area contributed by atoms with Gasteiger partial charge in [0.05, 0.1) is 12.7 Å². The van der Waals surface area contributed by atoms with Crippen molar-refractivity contribution in [3.8, 4) is 6.07 Å². The molecule has 4 nitrogen and oxygen atoms in total. The number of carbonyl (C=O) groups excluding carboxylic acids is 1. The molecule has 0 aliphatic carbocycles. The molecule has 1 heterocycles. The van der Waals surface area contributed by atoms with E-state index in [1.165, 1.54) is 7.11 Å². The van der Waals surface area contributed by atoms with E-state index in [-0.39, 0.29) is 16.3 Å². The highest BCUT2D eigenvalue weighted by Gasteiger charge is 2.18. The van der Waals surface area contributed by atoms with Gasteiger partial charge >= 0.3 is 5.97 Å². The van der Waals surface area contributed by atoms with E-state index in [1.54, 1.807) is 6.07 Å². The third-order valence-corrected chi connectivity index (χ3v) is 2.44. The van der Waals surface area contributed by atoms with Crippen molar-refractivity contribution in [1.82, 2.24) is 4.98 Å². The fraction of sp³-hybridized carbons (Fsp3) is 0.417. The number of nitrogens with zero attached hydrogens (tertiary/aromatic N) is 2. The van der Waals surface area contributed by atoms with E-state index in [1.807, 2.05) is 19.9 Å². The van der Waals surface area contributed by atoms with Gasteiger partial charge < -0.3 is 4.74 Å². The lowest BCUT2D eigenvalue weighted by atomic mass is 10.0. The number of aromatic nitrogens is 1. The number of hydrogen-bond acceptors (Lipinski definition) is 4. The minimum atomic E-state index is -0.573. The zero-order chi connectivity index (χ0) is 13.0. The Morgan fingerprint density at radius 2 is 2.29 bits per heavy atom. The number of esters is 1. The van der Waals surface area contributed by atoms with Crippen molar-refractivity contribution in [2.75, 3.05) is 7.11 Å². The van der Waals surface area contributed by atoms with E-state index >= 15 is 0 Å². The molecule has 0 fully saturated rings. The van der Waals surface area contributed by atoms with Gasteiger partial charge in [-0.25, -0.2) is 9.78 Å². The summed E-state index contributed by atoms with van der Waals surface area (Å²) in [5.74, 6) is -0.187. The van der Waals surface area contributed by atoms with Gasteiger partial charge in [0.2, 0.25) is 0 Å². The molecule has 0 aliphatic heterocycles. The summed E-state index contributed by atoms with van der Waals surface area (Å²) in [5.41, 5.74) is 0.918. The Morgan fingerprint density at radius 1 is 1.65 bits per heavy atom. The topological polar surface area (TPSA) is 63.0 Å². The third-order valence-electron chi connectivity index (χ3n) is 2.16. The second kappa shape index (κ2) is 5.65. The molecule has 0 spiro atoms. The number of carbonyl (C=O) groups is 1. The molecule has 5 heteroatoms. The van der Waals surface area contributed by atoms with Crippen LogP contribution in [-0.2, 0) is 11.2 Å². The Bertz CT molecular complexity index is 478. The van der Waals surface area contributed by atoms with Crippen LogP contribution in [0.2, 0.25) is 5.15 Å². The molecular formula is C12H13ClN2O2. The Balaban J connectivity index is 3.29. The maximum absolute atomic E-state index is 11.5. The highest BCUT2D eigenvalue weighted by atomic mass is 35.5. The second-order valence-corrected chi connectivity index (χ2v) is 4.39. The minimum absolute atomic E-state index is 0.0473. The molecule has 1 aromatic rings. The van der Waals surface area contributed by atoms with Crippen LogP contribution >= 0.6 is 11.6 Å². The molecule has 0 atom stereocenters. The van der Waals surface area contributed by atoms with Gasteiger partial charge in [-0.05, 0) is 18.4 Å². The molecule has 0 aliphatic rings. The Morgan fingerprint density at radius 3 is 2.76 bits per heavy atom. The predicted molar refractivity (Wildman–Crippen MR) is 63.8 cm³/mol. The van der Waals surface area contributed by atoms with Crippen molar-refractivity contribution < 1.29 is 9.53 Å². The highest BCUT2D eigenvalue weighted by Crippen LogP contribution is 2.20. The molecule has 17 heavy (non-hydrogen) atoms. The van der Waals surface area contributed by atoms with Gasteiger partial charge in [-0.1, -0.05) is 25.4 Å². The van der Waals surface area contributed by atoms with Gasteiger partial charge in [0.25, 0.3) is 0 Å². The molecule has 90 valence electrons. The maximum Gasteiger partial charge on any atom is 0.339 e. The number of rotatable bonds is 3. The van der Waals surface area contributed by atoms with E-state index in [0.29, 0.717) is 18.0 Å². The molecule has 0 N–H and O–H groups in total. The van der Waals surface area contributed by atoms with Gasteiger partial charge in [0, 0.05) is 5.69 Å². The standard InChI is InChI=1S/C12H13ClN2O2/c1-7(2)4-8-5-9(12(16)17-3)10(6-14)11(13)15-8/h5,7H,4H2,1-3H3. The number of pyridine rings is 1. The second-order valence-electron chi connectivity index (χ2n) is 4.03. The molecule has 0 unspecified atom stereocenters. The summed E-state index contributed by atoms with van der Waals surface area (Å²) >= 11 is 5.88. The molecule has 1 rings (SSSR count). The van der Waals surface area contributed by atoms with Crippen LogP contribution in [0.4, 0.5) is 0 Å². The van der Waals surface area contributed by atoms with Crippen LogP contribution in [0, 0.1) is 17.2 Å². The minimum Gasteiger partial charge on any atom is -0.465 e. The van der Waals surface area contributed by atoms with Crippen molar-refractivity contribution >= 4 is 17.6 Å².